The monoisotopic (exact) mass is 189 g/mol. The molecule has 1 rings (SSSR count). The van der Waals surface area contributed by atoms with Crippen molar-refractivity contribution in [3.8, 4) is 5.75 Å². The van der Waals surface area contributed by atoms with Gasteiger partial charge in [-0.25, -0.2) is 0 Å². The third-order valence-electron chi connectivity index (χ3n) is 1.12. The van der Waals surface area contributed by atoms with Gasteiger partial charge in [-0.05, 0) is 0 Å². The molecular formula is C6H9NNa2O3. The van der Waals surface area contributed by atoms with Crippen molar-refractivity contribution in [2.75, 3.05) is 0 Å². The van der Waals surface area contributed by atoms with E-state index in [1.165, 1.54) is 0 Å². The van der Waals surface area contributed by atoms with Crippen molar-refractivity contribution in [3.63, 3.8) is 0 Å². The Morgan fingerprint density at radius 2 is 2.08 bits per heavy atom. The molecule has 0 bridgehead atoms. The smallest absolute Gasteiger partial charge is 1.00 e. The molecule has 0 spiro atoms. The standard InChI is InChI=1S/C6H7NO3.2Na.2H/c8-3-4-1-5(9)6(10)2-7-4;;;;/h1-2,8,10H,3H2,(H,7,9);;;;/q;2*+1;2*-1. The second kappa shape index (κ2) is 7.15. The molecule has 58 valence electrons. The molecule has 0 fully saturated rings. The Morgan fingerprint density at radius 3 is 2.50 bits per heavy atom. The van der Waals surface area contributed by atoms with E-state index in [0.717, 1.165) is 12.3 Å². The fraction of sp³-hybridized carbons (Fsp3) is 0.167. The third kappa shape index (κ3) is 4.09. The van der Waals surface area contributed by atoms with Crippen LogP contribution in [0.3, 0.4) is 0 Å². The van der Waals surface area contributed by atoms with Gasteiger partial charge in [0, 0.05) is 18.0 Å². The minimum Gasteiger partial charge on any atom is -1.00 e. The molecular weight excluding hydrogens is 180 g/mol. The number of nitrogens with one attached hydrogen (secondary N) is 1. The van der Waals surface area contributed by atoms with Gasteiger partial charge < -0.3 is 18.1 Å². The summed E-state index contributed by atoms with van der Waals surface area (Å²) in [6.45, 7) is -0.227. The quantitative estimate of drug-likeness (QED) is 0.385. The molecule has 0 aliphatic heterocycles. The maximum atomic E-state index is 10.6. The first-order chi connectivity index (χ1) is 4.74. The van der Waals surface area contributed by atoms with Crippen LogP contribution < -0.4 is 64.5 Å². The second-order valence-electron chi connectivity index (χ2n) is 1.87. The normalized spacial score (nSPS) is 8.08. The number of rotatable bonds is 1. The average molecular weight is 189 g/mol. The van der Waals surface area contributed by atoms with Crippen molar-refractivity contribution >= 4 is 0 Å². The van der Waals surface area contributed by atoms with Crippen LogP contribution in [-0.2, 0) is 6.61 Å². The molecule has 0 unspecified atom stereocenters. The van der Waals surface area contributed by atoms with E-state index in [1.54, 1.807) is 0 Å². The fourth-order valence-electron chi connectivity index (χ4n) is 0.597. The molecule has 0 atom stereocenters. The largest absolute Gasteiger partial charge is 1.00 e. The summed E-state index contributed by atoms with van der Waals surface area (Å²) in [5.41, 5.74) is -0.0920. The molecule has 1 aromatic rings. The van der Waals surface area contributed by atoms with Crippen LogP contribution in [0.2, 0.25) is 0 Å². The Hall–Kier alpha value is 0.710. The van der Waals surface area contributed by atoms with Crippen LogP contribution in [0.1, 0.15) is 8.55 Å². The molecule has 0 amide bonds. The zero-order valence-corrected chi connectivity index (χ0v) is 11.2. The van der Waals surface area contributed by atoms with Gasteiger partial charge in [0.15, 0.2) is 5.75 Å². The molecule has 0 aliphatic carbocycles. The Balaban J connectivity index is -0.000000125. The van der Waals surface area contributed by atoms with Gasteiger partial charge in [-0.1, -0.05) is 0 Å². The average Bonchev–Trinajstić information content (AvgIpc) is 1.95. The van der Waals surface area contributed by atoms with Gasteiger partial charge in [0.1, 0.15) is 0 Å². The first-order valence-corrected chi connectivity index (χ1v) is 2.75. The molecule has 0 radical (unpaired) electrons. The van der Waals surface area contributed by atoms with E-state index in [2.05, 4.69) is 4.98 Å². The van der Waals surface area contributed by atoms with Gasteiger partial charge in [-0.3, -0.25) is 4.79 Å². The molecule has 1 aromatic heterocycles. The summed E-state index contributed by atoms with van der Waals surface area (Å²) in [7, 11) is 0. The van der Waals surface area contributed by atoms with E-state index in [4.69, 9.17) is 10.2 Å². The number of aliphatic hydroxyl groups excluding tert-OH is 1. The number of hydrogen-bond acceptors (Lipinski definition) is 3. The van der Waals surface area contributed by atoms with Crippen molar-refractivity contribution in [2.24, 2.45) is 0 Å². The number of hydrogen-bond donors (Lipinski definition) is 3. The minimum atomic E-state index is -0.484. The molecule has 0 aromatic carbocycles. The van der Waals surface area contributed by atoms with E-state index in [1.807, 2.05) is 0 Å². The van der Waals surface area contributed by atoms with Crippen molar-refractivity contribution in [3.05, 3.63) is 28.2 Å². The van der Waals surface area contributed by atoms with Crippen LogP contribution in [0.15, 0.2) is 17.1 Å². The van der Waals surface area contributed by atoms with E-state index in [9.17, 15) is 4.79 Å². The Kier molecular flexibility index (Phi) is 9.05. The number of aromatic hydroxyl groups is 1. The minimum absolute atomic E-state index is 0. The van der Waals surface area contributed by atoms with E-state index in [-0.39, 0.29) is 74.3 Å². The summed E-state index contributed by atoms with van der Waals surface area (Å²) >= 11 is 0. The van der Waals surface area contributed by atoms with Crippen molar-refractivity contribution in [1.82, 2.24) is 4.98 Å². The summed E-state index contributed by atoms with van der Waals surface area (Å²) in [4.78, 5) is 13.1. The summed E-state index contributed by atoms with van der Waals surface area (Å²) in [6.07, 6.45) is 1.15. The first-order valence-electron chi connectivity index (χ1n) is 2.75. The molecule has 0 aliphatic rings. The molecule has 6 heteroatoms. The van der Waals surface area contributed by atoms with Crippen molar-refractivity contribution in [1.29, 1.82) is 0 Å². The van der Waals surface area contributed by atoms with Crippen LogP contribution in [0.4, 0.5) is 0 Å². The van der Waals surface area contributed by atoms with Crippen molar-refractivity contribution in [2.45, 2.75) is 6.61 Å². The van der Waals surface area contributed by atoms with Gasteiger partial charge >= 0.3 is 59.1 Å². The SMILES string of the molecule is O=c1cc(CO)[nH]cc1O.[H-].[H-].[Na+].[Na+]. The number of aromatic nitrogens is 1. The van der Waals surface area contributed by atoms with Gasteiger partial charge in [-0.2, -0.15) is 0 Å². The summed E-state index contributed by atoms with van der Waals surface area (Å²) in [5.74, 6) is -0.336. The van der Waals surface area contributed by atoms with Gasteiger partial charge in [0.25, 0.3) is 0 Å². The van der Waals surface area contributed by atoms with E-state index in [0.29, 0.717) is 5.69 Å². The number of aliphatic hydroxyl groups is 1. The Bertz CT molecular complexity index is 295. The van der Waals surface area contributed by atoms with Crippen LogP contribution in [0.25, 0.3) is 0 Å². The predicted molar refractivity (Wildman–Crippen MR) is 36.9 cm³/mol. The Labute approximate surface area is 117 Å². The number of pyridine rings is 1. The van der Waals surface area contributed by atoms with Crippen molar-refractivity contribution < 1.29 is 72.2 Å². The Morgan fingerprint density at radius 1 is 1.50 bits per heavy atom. The van der Waals surface area contributed by atoms with Gasteiger partial charge in [-0.15, -0.1) is 0 Å². The number of H-pyrrole nitrogens is 1. The van der Waals surface area contributed by atoms with Gasteiger partial charge in [0.2, 0.25) is 5.43 Å². The van der Waals surface area contributed by atoms with Crippen LogP contribution >= 0.6 is 0 Å². The molecule has 3 N–H and O–H groups in total. The topological polar surface area (TPSA) is 73.3 Å². The maximum absolute atomic E-state index is 10.6. The maximum Gasteiger partial charge on any atom is 1.00 e. The molecule has 1 heterocycles. The predicted octanol–water partition coefficient (Wildman–Crippen LogP) is -6.19. The van der Waals surface area contributed by atoms with E-state index < -0.39 is 5.43 Å². The van der Waals surface area contributed by atoms with Crippen LogP contribution in [0.5, 0.6) is 5.75 Å². The summed E-state index contributed by atoms with van der Waals surface area (Å²) in [5, 5.41) is 17.2. The van der Waals surface area contributed by atoms with E-state index >= 15 is 0 Å². The fourth-order valence-corrected chi connectivity index (χ4v) is 0.597. The summed E-state index contributed by atoms with van der Waals surface area (Å²) in [6, 6.07) is 1.15. The second-order valence-corrected chi connectivity index (χ2v) is 1.87. The first kappa shape index (κ1) is 15.2. The van der Waals surface area contributed by atoms with Crippen LogP contribution in [-0.4, -0.2) is 15.2 Å². The molecule has 4 nitrogen and oxygen atoms in total. The van der Waals surface area contributed by atoms with Crippen LogP contribution in [0, 0.1) is 0 Å². The summed E-state index contributed by atoms with van der Waals surface area (Å²) < 4.78 is 0. The third-order valence-corrected chi connectivity index (χ3v) is 1.12. The number of aromatic amines is 1. The van der Waals surface area contributed by atoms with Gasteiger partial charge in [0.05, 0.1) is 6.61 Å². The molecule has 0 saturated heterocycles. The zero-order valence-electron chi connectivity index (χ0n) is 9.16. The zero-order chi connectivity index (χ0) is 7.56. The molecule has 0 saturated carbocycles. The molecule has 12 heavy (non-hydrogen) atoms.